The van der Waals surface area contributed by atoms with Gasteiger partial charge in [-0.3, -0.25) is 4.98 Å². The second-order valence-electron chi connectivity index (χ2n) is 6.96. The smallest absolute Gasteiger partial charge is 0.280 e. The Labute approximate surface area is 149 Å². The van der Waals surface area contributed by atoms with Crippen LogP contribution in [0.15, 0.2) is 18.5 Å². The molecule has 2 aliphatic rings. The first-order valence-corrected chi connectivity index (χ1v) is 10.4. The zero-order valence-corrected chi connectivity index (χ0v) is 15.4. The molecular weight excluding hydrogens is 342 g/mol. The molecule has 1 aliphatic heterocycles. The number of rotatable bonds is 6. The van der Waals surface area contributed by atoms with Gasteiger partial charge < -0.3 is 9.84 Å². The number of ether oxygens (including phenoxy) is 1. The average molecular weight is 369 g/mol. The normalized spacial score (nSPS) is 26.5. The lowest BCUT2D eigenvalue weighted by atomic mass is 9.76. The van der Waals surface area contributed by atoms with Gasteiger partial charge in [0, 0.05) is 19.3 Å². The molecule has 1 aromatic heterocycles. The average Bonchev–Trinajstić information content (AvgIpc) is 2.87. The summed E-state index contributed by atoms with van der Waals surface area (Å²) in [5, 5.41) is 9.67. The summed E-state index contributed by atoms with van der Waals surface area (Å²) in [6.07, 6.45) is 8.03. The van der Waals surface area contributed by atoms with Gasteiger partial charge in [-0.05, 0) is 43.2 Å². The van der Waals surface area contributed by atoms with Crippen molar-refractivity contribution in [3.63, 3.8) is 0 Å². The van der Waals surface area contributed by atoms with Crippen LogP contribution < -0.4 is 9.46 Å². The Morgan fingerprint density at radius 3 is 2.52 bits per heavy atom. The number of hydrogen-bond donors (Lipinski definition) is 2. The largest absolute Gasteiger partial charge is 0.495 e. The summed E-state index contributed by atoms with van der Waals surface area (Å²) in [6.45, 7) is 1.12. The maximum atomic E-state index is 12.9. The van der Waals surface area contributed by atoms with Crippen LogP contribution in [-0.4, -0.2) is 49.1 Å². The molecule has 25 heavy (non-hydrogen) atoms. The van der Waals surface area contributed by atoms with Crippen molar-refractivity contribution in [1.82, 2.24) is 14.0 Å². The SMILES string of the molecule is COc1cncc([C@H](NS(=O)(=O)N2CCCCCC2)C2CC(O)C2)c1. The van der Waals surface area contributed by atoms with Crippen molar-refractivity contribution in [2.45, 2.75) is 50.7 Å². The summed E-state index contributed by atoms with van der Waals surface area (Å²) in [5.41, 5.74) is 0.773. The Morgan fingerprint density at radius 1 is 1.24 bits per heavy atom. The van der Waals surface area contributed by atoms with Crippen LogP contribution >= 0.6 is 0 Å². The highest BCUT2D eigenvalue weighted by atomic mass is 32.2. The molecule has 3 rings (SSSR count). The molecule has 1 aromatic rings. The number of methoxy groups -OCH3 is 1. The predicted molar refractivity (Wildman–Crippen MR) is 94.4 cm³/mol. The van der Waals surface area contributed by atoms with Crippen LogP contribution in [0.4, 0.5) is 0 Å². The molecule has 0 unspecified atom stereocenters. The molecule has 8 heteroatoms. The summed E-state index contributed by atoms with van der Waals surface area (Å²) in [6, 6.07) is 1.41. The Balaban J connectivity index is 1.81. The number of aromatic nitrogens is 1. The lowest BCUT2D eigenvalue weighted by molar-refractivity contribution is 0.0276. The van der Waals surface area contributed by atoms with E-state index in [9.17, 15) is 13.5 Å². The lowest BCUT2D eigenvalue weighted by Crippen LogP contribution is -2.47. The number of hydrogen-bond acceptors (Lipinski definition) is 5. The zero-order valence-electron chi connectivity index (χ0n) is 14.6. The third-order valence-electron chi connectivity index (χ3n) is 5.13. The Kier molecular flexibility index (Phi) is 5.93. The Hall–Kier alpha value is -1.22. The molecule has 0 spiro atoms. The Bertz CT molecular complexity index is 668. The van der Waals surface area contributed by atoms with Gasteiger partial charge in [0.25, 0.3) is 10.2 Å². The van der Waals surface area contributed by atoms with E-state index in [2.05, 4.69) is 9.71 Å². The molecule has 0 aromatic carbocycles. The van der Waals surface area contributed by atoms with E-state index in [4.69, 9.17) is 4.74 Å². The van der Waals surface area contributed by atoms with Crippen molar-refractivity contribution >= 4 is 10.2 Å². The van der Waals surface area contributed by atoms with Crippen molar-refractivity contribution in [3.8, 4) is 5.75 Å². The van der Waals surface area contributed by atoms with Crippen molar-refractivity contribution in [2.75, 3.05) is 20.2 Å². The monoisotopic (exact) mass is 369 g/mol. The fraction of sp³-hybridized carbons (Fsp3) is 0.706. The van der Waals surface area contributed by atoms with E-state index in [1.54, 1.807) is 23.8 Å². The number of aliphatic hydroxyl groups excluding tert-OH is 1. The van der Waals surface area contributed by atoms with E-state index < -0.39 is 16.3 Å². The maximum absolute atomic E-state index is 12.9. The van der Waals surface area contributed by atoms with Gasteiger partial charge in [0.2, 0.25) is 0 Å². The van der Waals surface area contributed by atoms with Crippen molar-refractivity contribution in [1.29, 1.82) is 0 Å². The first kappa shape index (κ1) is 18.6. The van der Waals surface area contributed by atoms with Crippen molar-refractivity contribution in [3.05, 3.63) is 24.0 Å². The van der Waals surface area contributed by atoms with E-state index >= 15 is 0 Å². The van der Waals surface area contributed by atoms with Crippen LogP contribution in [-0.2, 0) is 10.2 Å². The molecule has 0 radical (unpaired) electrons. The van der Waals surface area contributed by atoms with E-state index in [0.29, 0.717) is 31.7 Å². The van der Waals surface area contributed by atoms with Gasteiger partial charge >= 0.3 is 0 Å². The summed E-state index contributed by atoms with van der Waals surface area (Å²) >= 11 is 0. The summed E-state index contributed by atoms with van der Waals surface area (Å²) in [4.78, 5) is 4.16. The molecule has 140 valence electrons. The van der Waals surface area contributed by atoms with Gasteiger partial charge in [0.15, 0.2) is 0 Å². The maximum Gasteiger partial charge on any atom is 0.280 e. The molecule has 0 amide bonds. The molecule has 7 nitrogen and oxygen atoms in total. The fourth-order valence-corrected chi connectivity index (χ4v) is 5.11. The molecule has 1 saturated carbocycles. The fourth-order valence-electron chi connectivity index (χ4n) is 3.57. The van der Waals surface area contributed by atoms with Gasteiger partial charge in [-0.15, -0.1) is 0 Å². The number of aliphatic hydroxyl groups is 1. The minimum absolute atomic E-state index is 0.0608. The minimum Gasteiger partial charge on any atom is -0.495 e. The third-order valence-corrected chi connectivity index (χ3v) is 6.73. The summed E-state index contributed by atoms with van der Waals surface area (Å²) < 4.78 is 35.5. The first-order valence-electron chi connectivity index (χ1n) is 8.94. The van der Waals surface area contributed by atoms with E-state index in [-0.39, 0.29) is 12.0 Å². The zero-order chi connectivity index (χ0) is 17.9. The molecule has 2 N–H and O–H groups in total. The quantitative estimate of drug-likeness (QED) is 0.795. The van der Waals surface area contributed by atoms with E-state index in [0.717, 1.165) is 31.2 Å². The molecule has 1 atom stereocenters. The molecule has 2 fully saturated rings. The van der Waals surface area contributed by atoms with Crippen LogP contribution in [0.25, 0.3) is 0 Å². The lowest BCUT2D eigenvalue weighted by Gasteiger charge is -2.38. The highest BCUT2D eigenvalue weighted by Crippen LogP contribution is 2.39. The summed E-state index contributed by atoms with van der Waals surface area (Å²) in [5.74, 6) is 0.655. The number of pyridine rings is 1. The van der Waals surface area contributed by atoms with Crippen LogP contribution in [0.5, 0.6) is 5.75 Å². The first-order chi connectivity index (χ1) is 12.0. The van der Waals surface area contributed by atoms with Crippen LogP contribution in [0, 0.1) is 5.92 Å². The summed E-state index contributed by atoms with van der Waals surface area (Å²) in [7, 11) is -2.02. The molecule has 2 heterocycles. The molecule has 1 saturated heterocycles. The van der Waals surface area contributed by atoms with Crippen LogP contribution in [0.1, 0.15) is 50.1 Å². The number of nitrogens with one attached hydrogen (secondary N) is 1. The standard InChI is InChI=1S/C17H27N3O4S/c1-24-16-10-14(11-18-12-16)17(13-8-15(21)9-13)19-25(22,23)20-6-4-2-3-5-7-20/h10-13,15,17,19,21H,2-9H2,1H3/t13?,15?,17-/m1/s1. The molecular formula is C17H27N3O4S. The minimum atomic E-state index is -3.58. The van der Waals surface area contributed by atoms with Crippen molar-refractivity contribution in [2.24, 2.45) is 5.92 Å². The van der Waals surface area contributed by atoms with E-state index in [1.807, 2.05) is 6.07 Å². The van der Waals surface area contributed by atoms with E-state index in [1.165, 1.54) is 0 Å². The Morgan fingerprint density at radius 2 is 1.92 bits per heavy atom. The molecule has 0 bridgehead atoms. The second-order valence-corrected chi connectivity index (χ2v) is 8.66. The van der Waals surface area contributed by atoms with Crippen LogP contribution in [0.2, 0.25) is 0 Å². The second kappa shape index (κ2) is 7.99. The topological polar surface area (TPSA) is 91.8 Å². The van der Waals surface area contributed by atoms with Gasteiger partial charge in [0.05, 0.1) is 25.5 Å². The number of nitrogens with zero attached hydrogens (tertiary/aromatic N) is 2. The van der Waals surface area contributed by atoms with Gasteiger partial charge in [-0.1, -0.05) is 12.8 Å². The third kappa shape index (κ3) is 4.49. The van der Waals surface area contributed by atoms with Crippen molar-refractivity contribution < 1.29 is 18.3 Å². The van der Waals surface area contributed by atoms with Crippen LogP contribution in [0.3, 0.4) is 0 Å². The highest BCUT2D eigenvalue weighted by Gasteiger charge is 2.38. The van der Waals surface area contributed by atoms with Gasteiger partial charge in [-0.2, -0.15) is 17.4 Å². The predicted octanol–water partition coefficient (Wildman–Crippen LogP) is 1.61. The van der Waals surface area contributed by atoms with Gasteiger partial charge in [0.1, 0.15) is 5.75 Å². The highest BCUT2D eigenvalue weighted by molar-refractivity contribution is 7.87. The van der Waals surface area contributed by atoms with Gasteiger partial charge in [-0.25, -0.2) is 0 Å². The molecule has 1 aliphatic carbocycles.